The highest BCUT2D eigenvalue weighted by Gasteiger charge is 2.40. The van der Waals surface area contributed by atoms with E-state index in [4.69, 9.17) is 0 Å². The summed E-state index contributed by atoms with van der Waals surface area (Å²) in [5, 5.41) is 0. The molecule has 1 aliphatic heterocycles. The van der Waals surface area contributed by atoms with Gasteiger partial charge in [-0.15, -0.1) is 0 Å². The first-order valence-corrected chi connectivity index (χ1v) is 12.2. The van der Waals surface area contributed by atoms with E-state index in [1.54, 1.807) is 21.9 Å². The van der Waals surface area contributed by atoms with Crippen LogP contribution in [0.15, 0.2) is 91.1 Å². The molecule has 0 saturated heterocycles. The lowest BCUT2D eigenvalue weighted by Crippen LogP contribution is -2.47. The van der Waals surface area contributed by atoms with Crippen LogP contribution in [-0.2, 0) is 4.79 Å². The van der Waals surface area contributed by atoms with E-state index in [1.165, 1.54) is 12.1 Å². The van der Waals surface area contributed by atoms with Gasteiger partial charge in [0.05, 0.1) is 17.1 Å². The summed E-state index contributed by atoms with van der Waals surface area (Å²) in [6.07, 6.45) is 3.77. The molecule has 6 rings (SSSR count). The van der Waals surface area contributed by atoms with Crippen LogP contribution in [-0.4, -0.2) is 33.9 Å². The van der Waals surface area contributed by atoms with Gasteiger partial charge in [0.2, 0.25) is 5.91 Å². The third kappa shape index (κ3) is 3.79. The Morgan fingerprint density at radius 1 is 0.889 bits per heavy atom. The summed E-state index contributed by atoms with van der Waals surface area (Å²) in [7, 11) is 0. The Morgan fingerprint density at radius 2 is 1.58 bits per heavy atom. The number of carbonyl (C=O) groups excluding carboxylic acids is 2. The molecule has 6 heteroatoms. The van der Waals surface area contributed by atoms with Crippen molar-refractivity contribution in [2.24, 2.45) is 0 Å². The number of hydrogen-bond donors (Lipinski definition) is 0. The van der Waals surface area contributed by atoms with Crippen molar-refractivity contribution in [1.82, 2.24) is 9.47 Å². The van der Waals surface area contributed by atoms with E-state index in [1.807, 2.05) is 73.8 Å². The molecule has 1 saturated carbocycles. The number of rotatable bonds is 5. The molecule has 1 aliphatic carbocycles. The number of para-hydroxylation sites is 2. The van der Waals surface area contributed by atoms with Gasteiger partial charge in [0.25, 0.3) is 5.91 Å². The van der Waals surface area contributed by atoms with E-state index in [0.29, 0.717) is 5.56 Å². The number of aromatic nitrogens is 1. The van der Waals surface area contributed by atoms with Crippen molar-refractivity contribution in [2.45, 2.75) is 31.8 Å². The number of carbonyl (C=O) groups is 2. The molecule has 1 aromatic heterocycles. The lowest BCUT2D eigenvalue weighted by Gasteiger charge is -2.39. The summed E-state index contributed by atoms with van der Waals surface area (Å²) in [6.45, 7) is 1.89. The Labute approximate surface area is 209 Å². The molecular weight excluding hydrogens is 453 g/mol. The maximum Gasteiger partial charge on any atom is 0.254 e. The number of anilines is 1. The molecule has 0 radical (unpaired) electrons. The van der Waals surface area contributed by atoms with Crippen LogP contribution >= 0.6 is 0 Å². The lowest BCUT2D eigenvalue weighted by atomic mass is 9.97. The third-order valence-corrected chi connectivity index (χ3v) is 7.10. The highest BCUT2D eigenvalue weighted by molar-refractivity contribution is 6.03. The molecule has 0 spiro atoms. The molecule has 2 heterocycles. The van der Waals surface area contributed by atoms with Crippen LogP contribution in [0, 0.1) is 12.7 Å². The predicted octanol–water partition coefficient (Wildman–Crippen LogP) is 5.67. The number of halogens is 1. The third-order valence-electron chi connectivity index (χ3n) is 7.10. The zero-order valence-corrected chi connectivity index (χ0v) is 20.0. The molecule has 0 bridgehead atoms. The van der Waals surface area contributed by atoms with Crippen LogP contribution < -0.4 is 4.90 Å². The van der Waals surface area contributed by atoms with Gasteiger partial charge >= 0.3 is 0 Å². The second-order valence-electron chi connectivity index (χ2n) is 9.49. The van der Waals surface area contributed by atoms with Gasteiger partial charge in [0.15, 0.2) is 0 Å². The maximum atomic E-state index is 14.2. The Balaban J connectivity index is 1.42. The van der Waals surface area contributed by atoms with Gasteiger partial charge in [-0.1, -0.05) is 42.5 Å². The summed E-state index contributed by atoms with van der Waals surface area (Å²) in [5.41, 5.74) is 4.90. The zero-order chi connectivity index (χ0) is 24.8. The maximum absolute atomic E-state index is 14.2. The zero-order valence-electron chi connectivity index (χ0n) is 20.0. The fourth-order valence-corrected chi connectivity index (χ4v) is 5.16. The van der Waals surface area contributed by atoms with Crippen molar-refractivity contribution in [3.8, 4) is 5.69 Å². The topological polar surface area (TPSA) is 45.6 Å². The molecule has 0 N–H and O–H groups in total. The monoisotopic (exact) mass is 479 g/mol. The summed E-state index contributed by atoms with van der Waals surface area (Å²) in [4.78, 5) is 31.2. The normalized spacial score (nSPS) is 16.3. The molecule has 5 nitrogen and oxygen atoms in total. The van der Waals surface area contributed by atoms with Crippen LogP contribution in [0.3, 0.4) is 0 Å². The van der Waals surface area contributed by atoms with Crippen molar-refractivity contribution >= 4 is 17.5 Å². The highest BCUT2D eigenvalue weighted by Crippen LogP contribution is 2.42. The molecule has 2 amide bonds. The number of benzene rings is 3. The molecule has 1 fully saturated rings. The molecule has 2 aliphatic rings. The van der Waals surface area contributed by atoms with Crippen LogP contribution in [0.5, 0.6) is 0 Å². The Hall–Kier alpha value is -4.19. The van der Waals surface area contributed by atoms with Gasteiger partial charge < -0.3 is 9.47 Å². The predicted molar refractivity (Wildman–Crippen MR) is 137 cm³/mol. The van der Waals surface area contributed by atoms with Crippen molar-refractivity contribution in [1.29, 1.82) is 0 Å². The quantitative estimate of drug-likeness (QED) is 0.371. The Kier molecular flexibility index (Phi) is 5.44. The van der Waals surface area contributed by atoms with Crippen LogP contribution in [0.1, 0.15) is 46.1 Å². The molecule has 3 aromatic carbocycles. The second kappa shape index (κ2) is 8.79. The van der Waals surface area contributed by atoms with Gasteiger partial charge in [0.1, 0.15) is 18.4 Å². The van der Waals surface area contributed by atoms with E-state index in [9.17, 15) is 14.0 Å². The summed E-state index contributed by atoms with van der Waals surface area (Å²) >= 11 is 0. The number of amides is 2. The largest absolute Gasteiger partial charge is 0.326 e. The van der Waals surface area contributed by atoms with Gasteiger partial charge in [0, 0.05) is 17.8 Å². The van der Waals surface area contributed by atoms with E-state index in [-0.39, 0.29) is 30.2 Å². The first kappa shape index (κ1) is 22.3. The van der Waals surface area contributed by atoms with E-state index >= 15 is 0 Å². The van der Waals surface area contributed by atoms with Gasteiger partial charge in [-0.05, 0) is 73.4 Å². The van der Waals surface area contributed by atoms with Gasteiger partial charge in [-0.3, -0.25) is 14.5 Å². The number of nitrogens with zero attached hydrogens (tertiary/aromatic N) is 3. The minimum absolute atomic E-state index is 0.0232. The van der Waals surface area contributed by atoms with E-state index in [0.717, 1.165) is 41.0 Å². The average molecular weight is 480 g/mol. The number of fused-ring (bicyclic) bond motifs is 3. The fraction of sp³-hybridized carbons (Fsp3) is 0.200. The Bertz CT molecular complexity index is 1460. The first-order chi connectivity index (χ1) is 17.5. The Morgan fingerprint density at radius 3 is 2.31 bits per heavy atom. The minimum atomic E-state index is -0.447. The first-order valence-electron chi connectivity index (χ1n) is 12.2. The SMILES string of the molecule is Cc1ccccc1C(=O)N(CC(=O)N1c2ccccc2-n2cccc2C1c1ccc(F)cc1)C1CC1. The summed E-state index contributed by atoms with van der Waals surface area (Å²) in [5.74, 6) is -0.610. The fourth-order valence-electron chi connectivity index (χ4n) is 5.16. The van der Waals surface area contributed by atoms with Gasteiger partial charge in [-0.25, -0.2) is 4.39 Å². The lowest BCUT2D eigenvalue weighted by molar-refractivity contribution is -0.119. The van der Waals surface area contributed by atoms with Crippen LogP contribution in [0.25, 0.3) is 5.69 Å². The minimum Gasteiger partial charge on any atom is -0.326 e. The van der Waals surface area contributed by atoms with Crippen LogP contribution in [0.2, 0.25) is 0 Å². The molecule has 1 unspecified atom stereocenters. The van der Waals surface area contributed by atoms with Crippen molar-refractivity contribution in [3.05, 3.63) is 119 Å². The van der Waals surface area contributed by atoms with Gasteiger partial charge in [-0.2, -0.15) is 0 Å². The molecule has 36 heavy (non-hydrogen) atoms. The molecule has 4 aromatic rings. The smallest absolute Gasteiger partial charge is 0.254 e. The number of hydrogen-bond acceptors (Lipinski definition) is 2. The van der Waals surface area contributed by atoms with E-state index < -0.39 is 6.04 Å². The molecule has 1 atom stereocenters. The highest BCUT2D eigenvalue weighted by atomic mass is 19.1. The second-order valence-corrected chi connectivity index (χ2v) is 9.49. The molecule has 180 valence electrons. The summed E-state index contributed by atoms with van der Waals surface area (Å²) in [6, 6.07) is 25.1. The number of aryl methyl sites for hydroxylation is 1. The molecular formula is C30H26FN3O2. The van der Waals surface area contributed by atoms with E-state index in [2.05, 4.69) is 4.57 Å². The van der Waals surface area contributed by atoms with Crippen molar-refractivity contribution in [2.75, 3.05) is 11.4 Å². The van der Waals surface area contributed by atoms with Crippen molar-refractivity contribution in [3.63, 3.8) is 0 Å². The average Bonchev–Trinajstić information content (AvgIpc) is 3.62. The van der Waals surface area contributed by atoms with Crippen molar-refractivity contribution < 1.29 is 14.0 Å². The standard InChI is InChI=1S/C30H26FN3O2/c1-20-7-2-3-8-24(20)30(36)33(23-16-17-23)19-28(35)34-26-10-5-4-9-25(26)32-18-6-11-27(32)29(34)21-12-14-22(31)15-13-21/h2-15,18,23,29H,16-17,19H2,1H3. The summed E-state index contributed by atoms with van der Waals surface area (Å²) < 4.78 is 15.9. The van der Waals surface area contributed by atoms with Crippen LogP contribution in [0.4, 0.5) is 10.1 Å².